The highest BCUT2D eigenvalue weighted by Crippen LogP contribution is 2.42. The maximum Gasteiger partial charge on any atom is 0.250 e. The SMILES string of the molecule is CC(C)(C)[Si](C)(C)Oc1cccc(O[Si](C)(C)C(C)(C)C)c1CC=O. The van der Waals surface area contributed by atoms with E-state index < -0.39 is 16.6 Å². The lowest BCUT2D eigenvalue weighted by atomic mass is 10.1. The third kappa shape index (κ3) is 5.20. The van der Waals surface area contributed by atoms with Crippen LogP contribution in [0.15, 0.2) is 18.2 Å². The van der Waals surface area contributed by atoms with Gasteiger partial charge in [0.25, 0.3) is 0 Å². The zero-order valence-corrected chi connectivity index (χ0v) is 19.7. The standard InChI is InChI=1S/C20H36O3Si2/c1-19(2,3)24(7,8)22-17-12-11-13-18(16(17)14-15-21)23-25(9,10)20(4,5)6/h11-13,15H,14H2,1-10H3. The van der Waals surface area contributed by atoms with Gasteiger partial charge >= 0.3 is 0 Å². The monoisotopic (exact) mass is 380 g/mol. The summed E-state index contributed by atoms with van der Waals surface area (Å²) >= 11 is 0. The van der Waals surface area contributed by atoms with E-state index in [-0.39, 0.29) is 10.1 Å². The van der Waals surface area contributed by atoms with Crippen molar-refractivity contribution in [1.82, 2.24) is 0 Å². The van der Waals surface area contributed by atoms with Crippen LogP contribution in [0.5, 0.6) is 11.5 Å². The van der Waals surface area contributed by atoms with Gasteiger partial charge in [-0.25, -0.2) is 0 Å². The van der Waals surface area contributed by atoms with Gasteiger partial charge in [-0.2, -0.15) is 0 Å². The molecule has 0 aromatic heterocycles. The van der Waals surface area contributed by atoms with Gasteiger partial charge in [-0.3, -0.25) is 0 Å². The average molecular weight is 381 g/mol. The molecule has 3 nitrogen and oxygen atoms in total. The molecule has 0 unspecified atom stereocenters. The highest BCUT2D eigenvalue weighted by atomic mass is 28.4. The number of hydrogen-bond acceptors (Lipinski definition) is 3. The fraction of sp³-hybridized carbons (Fsp3) is 0.650. The fourth-order valence-electron chi connectivity index (χ4n) is 1.88. The van der Waals surface area contributed by atoms with Gasteiger partial charge in [0.2, 0.25) is 16.6 Å². The lowest BCUT2D eigenvalue weighted by Crippen LogP contribution is -2.45. The minimum Gasteiger partial charge on any atom is -0.543 e. The van der Waals surface area contributed by atoms with Crippen LogP contribution >= 0.6 is 0 Å². The Kier molecular flexibility index (Phi) is 6.39. The van der Waals surface area contributed by atoms with Crippen LogP contribution in [0, 0.1) is 0 Å². The molecule has 0 aliphatic rings. The molecule has 0 spiro atoms. The molecule has 0 aliphatic heterocycles. The minimum atomic E-state index is -1.98. The zero-order chi connectivity index (χ0) is 19.7. The summed E-state index contributed by atoms with van der Waals surface area (Å²) in [5.74, 6) is 1.60. The predicted octanol–water partition coefficient (Wildman–Crippen LogP) is 6.20. The third-order valence-corrected chi connectivity index (χ3v) is 14.4. The molecule has 0 fully saturated rings. The molecule has 0 saturated carbocycles. The van der Waals surface area contributed by atoms with E-state index in [1.54, 1.807) is 0 Å². The van der Waals surface area contributed by atoms with Gasteiger partial charge in [-0.1, -0.05) is 47.6 Å². The maximum atomic E-state index is 11.3. The van der Waals surface area contributed by atoms with Gasteiger partial charge in [0.15, 0.2) is 0 Å². The van der Waals surface area contributed by atoms with Crippen molar-refractivity contribution in [2.45, 2.75) is 84.2 Å². The van der Waals surface area contributed by atoms with E-state index in [0.717, 1.165) is 23.3 Å². The first-order chi connectivity index (χ1) is 11.1. The molecule has 1 rings (SSSR count). The van der Waals surface area contributed by atoms with E-state index in [1.165, 1.54) is 0 Å². The lowest BCUT2D eigenvalue weighted by molar-refractivity contribution is -0.107. The normalized spacial score (nSPS) is 13.5. The van der Waals surface area contributed by atoms with Gasteiger partial charge in [0.05, 0.1) is 0 Å². The molecule has 0 radical (unpaired) electrons. The summed E-state index contributed by atoms with van der Waals surface area (Å²) in [7, 11) is -3.97. The van der Waals surface area contributed by atoms with Crippen molar-refractivity contribution >= 4 is 22.9 Å². The number of carbonyl (C=O) groups excluding carboxylic acids is 1. The Morgan fingerprint density at radius 2 is 1.20 bits per heavy atom. The summed E-state index contributed by atoms with van der Waals surface area (Å²) in [5, 5.41) is 0.198. The third-order valence-electron chi connectivity index (χ3n) is 5.72. The highest BCUT2D eigenvalue weighted by molar-refractivity contribution is 6.75. The summed E-state index contributed by atoms with van der Waals surface area (Å²) in [6, 6.07) is 5.91. The number of benzene rings is 1. The maximum absolute atomic E-state index is 11.3. The topological polar surface area (TPSA) is 35.5 Å². The van der Waals surface area contributed by atoms with E-state index in [4.69, 9.17) is 8.85 Å². The second kappa shape index (κ2) is 7.27. The lowest BCUT2D eigenvalue weighted by Gasteiger charge is -2.39. The van der Waals surface area contributed by atoms with E-state index in [9.17, 15) is 4.79 Å². The predicted molar refractivity (Wildman–Crippen MR) is 112 cm³/mol. The largest absolute Gasteiger partial charge is 0.543 e. The number of rotatable bonds is 6. The molecular weight excluding hydrogens is 344 g/mol. The Morgan fingerprint density at radius 1 is 0.840 bits per heavy atom. The van der Waals surface area contributed by atoms with Gasteiger partial charge in [-0.05, 0) is 48.4 Å². The highest BCUT2D eigenvalue weighted by Gasteiger charge is 2.41. The Hall–Kier alpha value is -1.08. The van der Waals surface area contributed by atoms with Gasteiger partial charge in [-0.15, -0.1) is 0 Å². The van der Waals surface area contributed by atoms with Crippen molar-refractivity contribution in [2.75, 3.05) is 0 Å². The summed E-state index contributed by atoms with van der Waals surface area (Å²) in [4.78, 5) is 11.3. The number of hydrogen-bond donors (Lipinski definition) is 0. The van der Waals surface area contributed by atoms with E-state index in [2.05, 4.69) is 67.7 Å². The first kappa shape index (κ1) is 22.0. The van der Waals surface area contributed by atoms with Crippen LogP contribution in [0.3, 0.4) is 0 Å². The van der Waals surface area contributed by atoms with Crippen LogP contribution in [0.25, 0.3) is 0 Å². The van der Waals surface area contributed by atoms with Gasteiger partial charge in [0.1, 0.15) is 17.8 Å². The van der Waals surface area contributed by atoms with Gasteiger partial charge < -0.3 is 13.6 Å². The molecule has 0 bridgehead atoms. The van der Waals surface area contributed by atoms with Crippen LogP contribution in [0.4, 0.5) is 0 Å². The average Bonchev–Trinajstić information content (AvgIpc) is 2.39. The summed E-state index contributed by atoms with van der Waals surface area (Å²) in [5.41, 5.74) is 0.882. The summed E-state index contributed by atoms with van der Waals surface area (Å²) in [6.07, 6.45) is 1.25. The molecular formula is C20H36O3Si2. The first-order valence-electron chi connectivity index (χ1n) is 9.06. The van der Waals surface area contributed by atoms with E-state index in [1.807, 2.05) is 18.2 Å². The molecule has 1 aromatic rings. The van der Waals surface area contributed by atoms with Crippen LogP contribution < -0.4 is 8.85 Å². The smallest absolute Gasteiger partial charge is 0.250 e. The van der Waals surface area contributed by atoms with Crippen LogP contribution in [-0.2, 0) is 11.2 Å². The molecule has 0 aliphatic carbocycles. The molecule has 5 heteroatoms. The van der Waals surface area contributed by atoms with E-state index in [0.29, 0.717) is 6.42 Å². The molecule has 0 N–H and O–H groups in total. The van der Waals surface area contributed by atoms with Crippen molar-refractivity contribution in [3.8, 4) is 11.5 Å². The number of aldehydes is 1. The van der Waals surface area contributed by atoms with Crippen LogP contribution in [-0.4, -0.2) is 22.9 Å². The van der Waals surface area contributed by atoms with Crippen molar-refractivity contribution < 1.29 is 13.6 Å². The molecule has 1 aromatic carbocycles. The quantitative estimate of drug-likeness (QED) is 0.435. The Balaban J connectivity index is 3.33. The Bertz CT molecular complexity index is 562. The van der Waals surface area contributed by atoms with Crippen molar-refractivity contribution in [2.24, 2.45) is 0 Å². The molecule has 0 heterocycles. The second-order valence-corrected chi connectivity index (χ2v) is 19.3. The second-order valence-electron chi connectivity index (χ2n) is 9.83. The van der Waals surface area contributed by atoms with Crippen molar-refractivity contribution in [1.29, 1.82) is 0 Å². The van der Waals surface area contributed by atoms with Crippen molar-refractivity contribution in [3.05, 3.63) is 23.8 Å². The first-order valence-corrected chi connectivity index (χ1v) is 14.9. The Morgan fingerprint density at radius 3 is 1.48 bits per heavy atom. The zero-order valence-electron chi connectivity index (χ0n) is 17.7. The Labute approximate surface area is 156 Å². The summed E-state index contributed by atoms with van der Waals surface area (Å²) in [6.45, 7) is 22.2. The van der Waals surface area contributed by atoms with E-state index >= 15 is 0 Å². The van der Waals surface area contributed by atoms with Crippen LogP contribution in [0.1, 0.15) is 47.1 Å². The van der Waals surface area contributed by atoms with Crippen molar-refractivity contribution in [3.63, 3.8) is 0 Å². The minimum absolute atomic E-state index is 0.0989. The molecule has 0 atom stereocenters. The van der Waals surface area contributed by atoms with Gasteiger partial charge in [0, 0.05) is 12.0 Å². The fourth-order valence-corrected chi connectivity index (χ4v) is 3.97. The molecule has 142 valence electrons. The summed E-state index contributed by atoms with van der Waals surface area (Å²) < 4.78 is 13.0. The number of carbonyl (C=O) groups is 1. The van der Waals surface area contributed by atoms with Crippen LogP contribution in [0.2, 0.25) is 36.3 Å². The molecule has 0 amide bonds. The molecule has 25 heavy (non-hydrogen) atoms. The molecule has 0 saturated heterocycles.